The van der Waals surface area contributed by atoms with E-state index in [4.69, 9.17) is 10.2 Å². The zero-order valence-corrected chi connectivity index (χ0v) is 20.8. The van der Waals surface area contributed by atoms with Crippen molar-refractivity contribution in [2.24, 2.45) is 0 Å². The maximum Gasteiger partial charge on any atom is 0.338 e. The topological polar surface area (TPSA) is 190 Å². The summed E-state index contributed by atoms with van der Waals surface area (Å²) in [5.41, 5.74) is 0.0408. The first-order chi connectivity index (χ1) is 19.0. The van der Waals surface area contributed by atoms with Crippen molar-refractivity contribution in [3.05, 3.63) is 59.7 Å². The van der Waals surface area contributed by atoms with Crippen molar-refractivity contribution in [3.8, 4) is 0 Å². The quantitative estimate of drug-likeness (QED) is 0.237. The molecule has 14 heteroatoms. The number of benzene rings is 2. The Morgan fingerprint density at radius 3 is 1.12 bits per heavy atom. The van der Waals surface area contributed by atoms with E-state index in [0.29, 0.717) is 35.5 Å². The van der Waals surface area contributed by atoms with Crippen LogP contribution < -0.4 is 9.80 Å². The monoisotopic (exact) mass is 550 g/mol. The van der Waals surface area contributed by atoms with Crippen LogP contribution in [-0.2, 0) is 19.2 Å². The molecule has 0 saturated carbocycles. The second kappa shape index (κ2) is 11.1. The van der Waals surface area contributed by atoms with Crippen LogP contribution in [-0.4, -0.2) is 80.7 Å². The third-order valence-electron chi connectivity index (χ3n) is 6.37. The fraction of sp³-hybridized carbons (Fsp3) is 0.231. The Hall–Kier alpha value is -5.40. The van der Waals surface area contributed by atoms with Gasteiger partial charge < -0.3 is 10.2 Å². The standard InChI is InChI=1S/C26H22N4O10/c31-19-21(33)29(17-9-5-15(6-10-17)23(35)36)25(39)27(19)13-3-1-2-4-14-28-20(32)22(34)30(26(28)40)18-11-7-16(8-12-18)24(37)38/h5-12H,1-4,13-14H2,(H,35,36)(H,37,38). The molecule has 4 rings (SSSR count). The molecule has 40 heavy (non-hydrogen) atoms. The van der Waals surface area contributed by atoms with Crippen molar-refractivity contribution in [2.45, 2.75) is 25.7 Å². The molecule has 2 aromatic carbocycles. The normalized spacial score (nSPS) is 15.6. The molecule has 2 aromatic rings. The highest BCUT2D eigenvalue weighted by Gasteiger charge is 2.46. The van der Waals surface area contributed by atoms with E-state index in [1.807, 2.05) is 0 Å². The van der Waals surface area contributed by atoms with Crippen molar-refractivity contribution < 1.29 is 48.6 Å². The van der Waals surface area contributed by atoms with Crippen LogP contribution in [0.5, 0.6) is 0 Å². The average Bonchev–Trinajstić information content (AvgIpc) is 3.28. The van der Waals surface area contributed by atoms with Gasteiger partial charge in [-0.25, -0.2) is 29.0 Å². The number of nitrogens with zero attached hydrogens (tertiary/aromatic N) is 4. The van der Waals surface area contributed by atoms with Crippen LogP contribution in [0.3, 0.4) is 0 Å². The summed E-state index contributed by atoms with van der Waals surface area (Å²) < 4.78 is 0. The second-order valence-electron chi connectivity index (χ2n) is 8.88. The van der Waals surface area contributed by atoms with Gasteiger partial charge in [-0.1, -0.05) is 12.8 Å². The number of amides is 8. The highest BCUT2D eigenvalue weighted by molar-refractivity contribution is 6.53. The fourth-order valence-corrected chi connectivity index (χ4v) is 4.26. The van der Waals surface area contributed by atoms with E-state index in [-0.39, 0.29) is 35.6 Å². The van der Waals surface area contributed by atoms with Crippen LogP contribution >= 0.6 is 0 Å². The third-order valence-corrected chi connectivity index (χ3v) is 6.37. The molecule has 0 aliphatic carbocycles. The molecule has 0 atom stereocenters. The molecule has 2 aliphatic heterocycles. The number of carbonyl (C=O) groups excluding carboxylic acids is 6. The summed E-state index contributed by atoms with van der Waals surface area (Å²) in [6.07, 6.45) is 1.62. The van der Waals surface area contributed by atoms with E-state index in [9.17, 15) is 38.4 Å². The molecule has 2 heterocycles. The van der Waals surface area contributed by atoms with Gasteiger partial charge in [-0.15, -0.1) is 0 Å². The van der Waals surface area contributed by atoms with Crippen molar-refractivity contribution in [1.29, 1.82) is 0 Å². The lowest BCUT2D eigenvalue weighted by Crippen LogP contribution is -2.34. The van der Waals surface area contributed by atoms with E-state index in [0.717, 1.165) is 9.80 Å². The van der Waals surface area contributed by atoms with Crippen LogP contribution in [0.1, 0.15) is 46.4 Å². The Balaban J connectivity index is 1.26. The molecule has 14 nitrogen and oxygen atoms in total. The Morgan fingerprint density at radius 2 is 0.825 bits per heavy atom. The van der Waals surface area contributed by atoms with Crippen LogP contribution in [0.4, 0.5) is 21.0 Å². The third kappa shape index (κ3) is 5.14. The molecule has 2 N–H and O–H groups in total. The van der Waals surface area contributed by atoms with Gasteiger partial charge in [0.05, 0.1) is 22.5 Å². The summed E-state index contributed by atoms with van der Waals surface area (Å²) in [7, 11) is 0. The zero-order chi connectivity index (χ0) is 29.1. The van der Waals surface area contributed by atoms with Crippen LogP contribution in [0.2, 0.25) is 0 Å². The first kappa shape index (κ1) is 27.6. The molecule has 0 aromatic heterocycles. The Bertz CT molecular complexity index is 1320. The fourth-order valence-electron chi connectivity index (χ4n) is 4.26. The predicted molar refractivity (Wildman–Crippen MR) is 134 cm³/mol. The van der Waals surface area contributed by atoms with E-state index < -0.39 is 47.6 Å². The van der Waals surface area contributed by atoms with Gasteiger partial charge in [-0.3, -0.25) is 29.0 Å². The number of imide groups is 4. The first-order valence-electron chi connectivity index (χ1n) is 12.1. The molecule has 8 amide bonds. The first-order valence-corrected chi connectivity index (χ1v) is 12.1. The summed E-state index contributed by atoms with van der Waals surface area (Å²) in [5.74, 6) is -6.47. The van der Waals surface area contributed by atoms with Crippen molar-refractivity contribution in [3.63, 3.8) is 0 Å². The van der Waals surface area contributed by atoms with Gasteiger partial charge in [-0.05, 0) is 61.4 Å². The number of carboxylic acids is 2. The van der Waals surface area contributed by atoms with Crippen LogP contribution in [0.15, 0.2) is 48.5 Å². The minimum absolute atomic E-state index is 0.0465. The number of anilines is 2. The molecule has 0 spiro atoms. The highest BCUT2D eigenvalue weighted by Crippen LogP contribution is 2.25. The average molecular weight is 550 g/mol. The molecular formula is C26H22N4O10. The molecule has 2 aliphatic rings. The van der Waals surface area contributed by atoms with Gasteiger partial charge in [0.25, 0.3) is 0 Å². The lowest BCUT2D eigenvalue weighted by Gasteiger charge is -2.16. The maximum absolute atomic E-state index is 12.7. The molecule has 2 saturated heterocycles. The van der Waals surface area contributed by atoms with Gasteiger partial charge in [0.1, 0.15) is 0 Å². The number of hydrogen-bond donors (Lipinski definition) is 2. The highest BCUT2D eigenvalue weighted by atomic mass is 16.4. The predicted octanol–water partition coefficient (Wildman–Crippen LogP) is 1.93. The summed E-state index contributed by atoms with van der Waals surface area (Å²) in [6, 6.07) is 8.18. The largest absolute Gasteiger partial charge is 0.478 e. The van der Waals surface area contributed by atoms with Crippen LogP contribution in [0.25, 0.3) is 0 Å². The summed E-state index contributed by atoms with van der Waals surface area (Å²) in [6.45, 7) is -0.0966. The Labute approximate surface area is 226 Å². The molecule has 206 valence electrons. The van der Waals surface area contributed by atoms with Gasteiger partial charge in [0, 0.05) is 13.1 Å². The molecule has 0 radical (unpaired) electrons. The maximum atomic E-state index is 12.7. The number of carbonyl (C=O) groups is 8. The van der Waals surface area contributed by atoms with Crippen molar-refractivity contribution in [1.82, 2.24) is 9.80 Å². The zero-order valence-electron chi connectivity index (χ0n) is 20.8. The van der Waals surface area contributed by atoms with E-state index in [1.165, 1.54) is 48.5 Å². The number of aromatic carboxylic acids is 2. The number of hydrogen-bond acceptors (Lipinski definition) is 8. The number of carboxylic acid groups (broad SMARTS) is 2. The second-order valence-corrected chi connectivity index (χ2v) is 8.88. The molecule has 2 fully saturated rings. The van der Waals surface area contributed by atoms with Gasteiger partial charge in [0.2, 0.25) is 0 Å². The van der Waals surface area contributed by atoms with E-state index in [2.05, 4.69) is 0 Å². The van der Waals surface area contributed by atoms with Crippen molar-refractivity contribution in [2.75, 3.05) is 22.9 Å². The lowest BCUT2D eigenvalue weighted by atomic mass is 10.2. The Morgan fingerprint density at radius 1 is 0.500 bits per heavy atom. The smallest absolute Gasteiger partial charge is 0.338 e. The number of urea groups is 2. The molecule has 0 bridgehead atoms. The molecular weight excluding hydrogens is 528 g/mol. The minimum Gasteiger partial charge on any atom is -0.478 e. The van der Waals surface area contributed by atoms with Gasteiger partial charge >= 0.3 is 47.6 Å². The van der Waals surface area contributed by atoms with Crippen LogP contribution in [0, 0.1) is 0 Å². The minimum atomic E-state index is -1.18. The summed E-state index contributed by atoms with van der Waals surface area (Å²) >= 11 is 0. The van der Waals surface area contributed by atoms with Crippen molar-refractivity contribution >= 4 is 59.0 Å². The molecule has 0 unspecified atom stereocenters. The number of rotatable bonds is 11. The summed E-state index contributed by atoms with van der Waals surface area (Å²) in [4.78, 5) is 99.7. The van der Waals surface area contributed by atoms with Gasteiger partial charge in [-0.2, -0.15) is 0 Å². The van der Waals surface area contributed by atoms with Gasteiger partial charge in [0.15, 0.2) is 0 Å². The summed E-state index contributed by atoms with van der Waals surface area (Å²) in [5, 5.41) is 18.0. The number of unbranched alkanes of at least 4 members (excludes halogenated alkanes) is 3. The Kier molecular flexibility index (Phi) is 7.70. The van der Waals surface area contributed by atoms with E-state index in [1.54, 1.807) is 0 Å². The van der Waals surface area contributed by atoms with E-state index >= 15 is 0 Å². The SMILES string of the molecule is O=C(O)c1ccc(N2C(=O)C(=O)N(CCCCCCN3C(=O)C(=O)N(c4ccc(C(=O)O)cc4)C3=O)C2=O)cc1. The lowest BCUT2D eigenvalue weighted by molar-refractivity contribution is -0.139.